The lowest BCUT2D eigenvalue weighted by Crippen LogP contribution is -2.11. The zero-order chi connectivity index (χ0) is 24.9. The summed E-state index contributed by atoms with van der Waals surface area (Å²) in [4.78, 5) is 39.1. The van der Waals surface area contributed by atoms with Crippen LogP contribution >= 0.6 is 11.6 Å². The average Bonchev–Trinajstić information content (AvgIpc) is 3.22. The van der Waals surface area contributed by atoms with Gasteiger partial charge in [0.25, 0.3) is 5.69 Å². The minimum Gasteiger partial charge on any atom is -0.493 e. The zero-order valence-electron chi connectivity index (χ0n) is 18.3. The highest BCUT2D eigenvalue weighted by molar-refractivity contribution is 6.34. The second-order valence-electron chi connectivity index (χ2n) is 7.25. The van der Waals surface area contributed by atoms with Gasteiger partial charge in [-0.3, -0.25) is 14.9 Å². The normalized spacial score (nSPS) is 13.8. The third-order valence-electron chi connectivity index (χ3n) is 4.96. The second-order valence-corrected chi connectivity index (χ2v) is 7.65. The maximum Gasteiger partial charge on any atom is 0.363 e. The summed E-state index contributed by atoms with van der Waals surface area (Å²) in [6.07, 6.45) is 1.48. The van der Waals surface area contributed by atoms with Crippen LogP contribution in [0.1, 0.15) is 21.5 Å². The van der Waals surface area contributed by atoms with E-state index in [0.717, 1.165) is 6.07 Å². The van der Waals surface area contributed by atoms with Crippen LogP contribution in [0.25, 0.3) is 6.08 Å². The van der Waals surface area contributed by atoms with Crippen molar-refractivity contribution in [3.05, 3.63) is 104 Å². The number of methoxy groups -OCH3 is 1. The highest BCUT2D eigenvalue weighted by Crippen LogP contribution is 2.31. The van der Waals surface area contributed by atoms with Gasteiger partial charge in [0.1, 0.15) is 0 Å². The molecule has 0 saturated heterocycles. The number of carbonyl (C=O) groups is 2. The SMILES string of the molecule is COc1cc(/C=C2\N=C(c3ccc([N+](=O)[O-])cc3Cl)OC2=O)ccc1OCC(=O)c1ccccc1. The summed E-state index contributed by atoms with van der Waals surface area (Å²) in [6, 6.07) is 17.4. The highest BCUT2D eigenvalue weighted by Gasteiger charge is 2.26. The Morgan fingerprint density at radius 2 is 1.89 bits per heavy atom. The first-order valence-corrected chi connectivity index (χ1v) is 10.6. The fourth-order valence-corrected chi connectivity index (χ4v) is 3.47. The van der Waals surface area contributed by atoms with Gasteiger partial charge in [0.2, 0.25) is 5.90 Å². The van der Waals surface area contributed by atoms with Crippen LogP contribution in [0.3, 0.4) is 0 Å². The third-order valence-corrected chi connectivity index (χ3v) is 5.27. The van der Waals surface area contributed by atoms with E-state index in [0.29, 0.717) is 22.6 Å². The van der Waals surface area contributed by atoms with Crippen molar-refractivity contribution in [3.8, 4) is 11.5 Å². The smallest absolute Gasteiger partial charge is 0.363 e. The maximum atomic E-state index is 12.3. The van der Waals surface area contributed by atoms with Gasteiger partial charge in [0, 0.05) is 17.7 Å². The Morgan fingerprint density at radius 1 is 1.11 bits per heavy atom. The Bertz CT molecular complexity index is 1380. The van der Waals surface area contributed by atoms with Crippen molar-refractivity contribution in [2.75, 3.05) is 13.7 Å². The van der Waals surface area contributed by atoms with Crippen LogP contribution in [-0.4, -0.2) is 36.3 Å². The molecule has 9 nitrogen and oxygen atoms in total. The van der Waals surface area contributed by atoms with E-state index in [9.17, 15) is 19.7 Å². The summed E-state index contributed by atoms with van der Waals surface area (Å²) in [5, 5.41) is 10.9. The molecule has 0 spiro atoms. The standard InChI is InChI=1S/C25H17ClN2O7/c1-33-23-12-15(7-10-22(23)34-14-21(29)16-5-3-2-4-6-16)11-20-25(30)35-24(27-20)18-9-8-17(28(31)32)13-19(18)26/h2-13H,14H2,1H3/b20-11-. The van der Waals surface area contributed by atoms with E-state index in [4.69, 9.17) is 25.8 Å². The molecule has 0 aliphatic carbocycles. The predicted octanol–water partition coefficient (Wildman–Crippen LogP) is 4.86. The van der Waals surface area contributed by atoms with E-state index in [1.807, 2.05) is 6.07 Å². The Hall–Kier alpha value is -4.50. The lowest BCUT2D eigenvalue weighted by molar-refractivity contribution is -0.384. The Balaban J connectivity index is 1.53. The molecule has 0 bridgehead atoms. The zero-order valence-corrected chi connectivity index (χ0v) is 19.0. The molecule has 1 heterocycles. The van der Waals surface area contributed by atoms with Gasteiger partial charge in [-0.15, -0.1) is 0 Å². The van der Waals surface area contributed by atoms with Gasteiger partial charge in [-0.2, -0.15) is 0 Å². The van der Waals surface area contributed by atoms with Crippen molar-refractivity contribution in [2.24, 2.45) is 4.99 Å². The second kappa shape index (κ2) is 10.2. The van der Waals surface area contributed by atoms with E-state index in [-0.39, 0.29) is 40.3 Å². The van der Waals surface area contributed by atoms with Crippen molar-refractivity contribution < 1.29 is 28.7 Å². The van der Waals surface area contributed by atoms with Crippen LogP contribution in [-0.2, 0) is 9.53 Å². The maximum absolute atomic E-state index is 12.3. The van der Waals surface area contributed by atoms with Crippen molar-refractivity contribution in [1.82, 2.24) is 0 Å². The van der Waals surface area contributed by atoms with Gasteiger partial charge in [-0.1, -0.05) is 48.0 Å². The molecule has 3 aromatic carbocycles. The van der Waals surface area contributed by atoms with Gasteiger partial charge in [0.05, 0.1) is 22.6 Å². The molecule has 3 aromatic rings. The summed E-state index contributed by atoms with van der Waals surface area (Å²) in [5.41, 5.74) is 1.16. The lowest BCUT2D eigenvalue weighted by atomic mass is 10.1. The average molecular weight is 493 g/mol. The molecule has 0 amide bonds. The van der Waals surface area contributed by atoms with E-state index in [1.165, 1.54) is 25.3 Å². The summed E-state index contributed by atoms with van der Waals surface area (Å²) in [6.45, 7) is -0.170. The number of hydrogen-bond acceptors (Lipinski definition) is 8. The molecule has 0 atom stereocenters. The van der Waals surface area contributed by atoms with E-state index >= 15 is 0 Å². The van der Waals surface area contributed by atoms with Crippen LogP contribution in [0.15, 0.2) is 77.4 Å². The Morgan fingerprint density at radius 3 is 2.57 bits per heavy atom. The predicted molar refractivity (Wildman–Crippen MR) is 128 cm³/mol. The van der Waals surface area contributed by atoms with Gasteiger partial charge in [0.15, 0.2) is 29.6 Å². The quantitative estimate of drug-likeness (QED) is 0.145. The molecule has 4 rings (SSSR count). The molecule has 0 saturated carbocycles. The van der Waals surface area contributed by atoms with Crippen molar-refractivity contribution in [2.45, 2.75) is 0 Å². The molecule has 1 aliphatic rings. The molecule has 0 fully saturated rings. The summed E-state index contributed by atoms with van der Waals surface area (Å²) in [5.74, 6) is -0.238. The van der Waals surface area contributed by atoms with E-state index < -0.39 is 10.9 Å². The number of ether oxygens (including phenoxy) is 3. The number of nitro benzene ring substituents is 1. The molecule has 0 aromatic heterocycles. The van der Waals surface area contributed by atoms with Gasteiger partial charge in [-0.25, -0.2) is 9.79 Å². The van der Waals surface area contributed by atoms with Crippen LogP contribution < -0.4 is 9.47 Å². The fourth-order valence-electron chi connectivity index (χ4n) is 3.22. The van der Waals surface area contributed by atoms with E-state index in [1.54, 1.807) is 42.5 Å². The molecule has 0 radical (unpaired) electrons. The monoisotopic (exact) mass is 492 g/mol. The largest absolute Gasteiger partial charge is 0.493 e. The number of halogens is 1. The summed E-state index contributed by atoms with van der Waals surface area (Å²) in [7, 11) is 1.45. The van der Waals surface area contributed by atoms with E-state index in [2.05, 4.69) is 4.99 Å². The molecule has 176 valence electrons. The number of nitrogens with zero attached hydrogens (tertiary/aromatic N) is 2. The first kappa shape index (κ1) is 23.7. The van der Waals surface area contributed by atoms with Crippen LogP contribution in [0.4, 0.5) is 5.69 Å². The number of cyclic esters (lactones) is 1. The Kier molecular flexibility index (Phi) is 6.88. The first-order chi connectivity index (χ1) is 16.9. The number of ketones is 1. The topological polar surface area (TPSA) is 117 Å². The lowest BCUT2D eigenvalue weighted by Gasteiger charge is -2.11. The third kappa shape index (κ3) is 5.36. The van der Waals surface area contributed by atoms with Crippen molar-refractivity contribution in [1.29, 1.82) is 0 Å². The number of nitro groups is 1. The molecule has 35 heavy (non-hydrogen) atoms. The van der Waals surface area contributed by atoms with Crippen LogP contribution in [0.2, 0.25) is 5.02 Å². The van der Waals surface area contributed by atoms with Gasteiger partial charge < -0.3 is 14.2 Å². The molecule has 1 aliphatic heterocycles. The molecular formula is C25H17ClN2O7. The number of benzene rings is 3. The van der Waals surface area contributed by atoms with Crippen LogP contribution in [0.5, 0.6) is 11.5 Å². The number of esters is 1. The molecular weight excluding hydrogens is 476 g/mol. The minimum atomic E-state index is -0.706. The number of aliphatic imine (C=N–C) groups is 1. The summed E-state index contributed by atoms with van der Waals surface area (Å²) < 4.78 is 16.2. The Labute approximate surface area is 204 Å². The molecule has 0 unspecified atom stereocenters. The number of rotatable bonds is 8. The summed E-state index contributed by atoms with van der Waals surface area (Å²) >= 11 is 6.11. The van der Waals surface area contributed by atoms with Gasteiger partial charge in [-0.05, 0) is 29.8 Å². The van der Waals surface area contributed by atoms with Crippen molar-refractivity contribution >= 4 is 41.0 Å². The van der Waals surface area contributed by atoms with Crippen LogP contribution in [0, 0.1) is 10.1 Å². The number of Topliss-reactive ketones (excluding diaryl/α,β-unsaturated/α-hetero) is 1. The first-order valence-electron chi connectivity index (χ1n) is 10.2. The highest BCUT2D eigenvalue weighted by atomic mass is 35.5. The number of non-ortho nitro benzene ring substituents is 1. The fraction of sp³-hybridized carbons (Fsp3) is 0.0800. The van der Waals surface area contributed by atoms with Gasteiger partial charge >= 0.3 is 5.97 Å². The molecule has 0 N–H and O–H groups in total. The van der Waals surface area contributed by atoms with Crippen molar-refractivity contribution in [3.63, 3.8) is 0 Å². The molecule has 10 heteroatoms. The number of carbonyl (C=O) groups excluding carboxylic acids is 2. The number of hydrogen-bond donors (Lipinski definition) is 0. The minimum absolute atomic E-state index is 0.00407.